The molecule has 0 aliphatic heterocycles. The van der Waals surface area contributed by atoms with Gasteiger partial charge in [-0.1, -0.05) is 18.2 Å². The quantitative estimate of drug-likeness (QED) is 0.431. The highest BCUT2D eigenvalue weighted by Crippen LogP contribution is 2.17. The number of nitrogens with zero attached hydrogens (tertiary/aromatic N) is 2. The molecule has 0 spiro atoms. The standard InChI is InChI=1S/C14H12N4O2S/c15-17-13(19)12-10(5-6-21-12)8-18-14(20)11-4-2-1-3-9(11)7-16-18/h1-7H,8,15H2,(H,17,19). The largest absolute Gasteiger partial charge is 0.289 e. The minimum atomic E-state index is -0.367. The van der Waals surface area contributed by atoms with E-state index in [-0.39, 0.29) is 18.0 Å². The Kier molecular flexibility index (Phi) is 3.51. The van der Waals surface area contributed by atoms with E-state index in [1.807, 2.05) is 18.2 Å². The molecule has 0 saturated carbocycles. The van der Waals surface area contributed by atoms with Crippen molar-refractivity contribution >= 4 is 28.0 Å². The lowest BCUT2D eigenvalue weighted by molar-refractivity contribution is 0.0956. The minimum Gasteiger partial charge on any atom is -0.289 e. The highest BCUT2D eigenvalue weighted by atomic mass is 32.1. The number of aromatic nitrogens is 2. The minimum absolute atomic E-state index is 0.182. The molecule has 0 bridgehead atoms. The number of benzene rings is 1. The summed E-state index contributed by atoms with van der Waals surface area (Å²) in [4.78, 5) is 24.5. The van der Waals surface area contributed by atoms with Crippen LogP contribution in [0, 0.1) is 0 Å². The number of amides is 1. The topological polar surface area (TPSA) is 90.0 Å². The molecule has 0 aliphatic carbocycles. The molecule has 0 radical (unpaired) electrons. The first-order valence-electron chi connectivity index (χ1n) is 6.23. The Morgan fingerprint density at radius 1 is 1.33 bits per heavy atom. The van der Waals surface area contributed by atoms with Gasteiger partial charge in [0.1, 0.15) is 0 Å². The van der Waals surface area contributed by atoms with E-state index in [2.05, 4.69) is 10.5 Å². The lowest BCUT2D eigenvalue weighted by atomic mass is 10.2. The van der Waals surface area contributed by atoms with Crippen molar-refractivity contribution in [2.75, 3.05) is 0 Å². The predicted molar refractivity (Wildman–Crippen MR) is 81.1 cm³/mol. The SMILES string of the molecule is NNC(=O)c1sccc1Cn1ncc2ccccc2c1=O. The van der Waals surface area contributed by atoms with Crippen LogP contribution in [-0.4, -0.2) is 15.7 Å². The summed E-state index contributed by atoms with van der Waals surface area (Å²) in [6.45, 7) is 0.232. The van der Waals surface area contributed by atoms with Gasteiger partial charge in [0.25, 0.3) is 11.5 Å². The number of nitrogen functional groups attached to an aromatic ring is 1. The zero-order valence-corrected chi connectivity index (χ0v) is 11.8. The second-order valence-electron chi connectivity index (χ2n) is 4.44. The van der Waals surface area contributed by atoms with Crippen LogP contribution >= 0.6 is 11.3 Å². The van der Waals surface area contributed by atoms with Gasteiger partial charge in [-0.05, 0) is 23.1 Å². The van der Waals surface area contributed by atoms with Crippen molar-refractivity contribution in [1.82, 2.24) is 15.2 Å². The first kappa shape index (κ1) is 13.5. The summed E-state index contributed by atoms with van der Waals surface area (Å²) < 4.78 is 1.34. The fraction of sp³-hybridized carbons (Fsp3) is 0.0714. The van der Waals surface area contributed by atoms with Crippen molar-refractivity contribution in [2.24, 2.45) is 5.84 Å². The van der Waals surface area contributed by atoms with Gasteiger partial charge in [-0.2, -0.15) is 5.10 Å². The number of fused-ring (bicyclic) bond motifs is 1. The number of rotatable bonds is 3. The van der Waals surface area contributed by atoms with Crippen LogP contribution in [0.15, 0.2) is 46.7 Å². The molecule has 6 nitrogen and oxygen atoms in total. The average Bonchev–Trinajstić information content (AvgIpc) is 2.98. The van der Waals surface area contributed by atoms with E-state index in [1.165, 1.54) is 16.0 Å². The molecule has 106 valence electrons. The van der Waals surface area contributed by atoms with Crippen molar-refractivity contribution < 1.29 is 4.79 Å². The summed E-state index contributed by atoms with van der Waals surface area (Å²) in [6, 6.07) is 9.06. The molecular weight excluding hydrogens is 288 g/mol. The number of thiophene rings is 1. The maximum absolute atomic E-state index is 12.4. The second kappa shape index (κ2) is 5.47. The Balaban J connectivity index is 2.03. The van der Waals surface area contributed by atoms with Crippen LogP contribution in [0.1, 0.15) is 15.2 Å². The van der Waals surface area contributed by atoms with Crippen LogP contribution < -0.4 is 16.8 Å². The first-order valence-corrected chi connectivity index (χ1v) is 7.11. The number of nitrogens with one attached hydrogen (secondary N) is 1. The van der Waals surface area contributed by atoms with Crippen LogP contribution in [-0.2, 0) is 6.54 Å². The Bertz CT molecular complexity index is 869. The Labute approximate surface area is 123 Å². The lowest BCUT2D eigenvalue weighted by Crippen LogP contribution is -2.30. The molecule has 7 heteroatoms. The monoisotopic (exact) mass is 300 g/mol. The van der Waals surface area contributed by atoms with E-state index in [0.29, 0.717) is 15.8 Å². The summed E-state index contributed by atoms with van der Waals surface area (Å²) in [5, 5.41) is 7.34. The summed E-state index contributed by atoms with van der Waals surface area (Å²) in [5.41, 5.74) is 2.64. The Morgan fingerprint density at radius 3 is 2.95 bits per heavy atom. The van der Waals surface area contributed by atoms with Gasteiger partial charge < -0.3 is 0 Å². The first-order chi connectivity index (χ1) is 10.2. The van der Waals surface area contributed by atoms with Crippen molar-refractivity contribution in [3.63, 3.8) is 0 Å². The third-order valence-corrected chi connectivity index (χ3v) is 4.12. The lowest BCUT2D eigenvalue weighted by Gasteiger charge is -2.06. The number of carbonyl (C=O) groups is 1. The van der Waals surface area contributed by atoms with E-state index in [0.717, 1.165) is 5.39 Å². The van der Waals surface area contributed by atoms with Gasteiger partial charge in [-0.25, -0.2) is 10.5 Å². The molecule has 0 unspecified atom stereocenters. The van der Waals surface area contributed by atoms with Crippen molar-refractivity contribution in [2.45, 2.75) is 6.54 Å². The smallest absolute Gasteiger partial charge is 0.275 e. The number of nitrogens with two attached hydrogens (primary N) is 1. The number of hydrogen-bond donors (Lipinski definition) is 2. The van der Waals surface area contributed by atoms with Gasteiger partial charge in [0.15, 0.2) is 0 Å². The fourth-order valence-electron chi connectivity index (χ4n) is 2.13. The van der Waals surface area contributed by atoms with Gasteiger partial charge in [0.2, 0.25) is 0 Å². The predicted octanol–water partition coefficient (Wildman–Crippen LogP) is 1.11. The van der Waals surface area contributed by atoms with Gasteiger partial charge in [0.05, 0.1) is 23.0 Å². The summed E-state index contributed by atoms with van der Waals surface area (Å²) in [6.07, 6.45) is 1.64. The maximum atomic E-state index is 12.4. The third-order valence-electron chi connectivity index (χ3n) is 3.17. The van der Waals surface area contributed by atoms with Crippen LogP contribution in [0.25, 0.3) is 10.8 Å². The van der Waals surface area contributed by atoms with Gasteiger partial charge in [-0.15, -0.1) is 11.3 Å². The second-order valence-corrected chi connectivity index (χ2v) is 5.36. The van der Waals surface area contributed by atoms with Crippen molar-refractivity contribution in [3.05, 3.63) is 62.7 Å². The highest BCUT2D eigenvalue weighted by Gasteiger charge is 2.13. The van der Waals surface area contributed by atoms with Crippen LogP contribution in [0.2, 0.25) is 0 Å². The molecule has 3 rings (SSSR count). The van der Waals surface area contributed by atoms with Gasteiger partial charge >= 0.3 is 0 Å². The van der Waals surface area contributed by atoms with E-state index in [4.69, 9.17) is 5.84 Å². The zero-order valence-electron chi connectivity index (χ0n) is 10.9. The van der Waals surface area contributed by atoms with Gasteiger partial charge in [0, 0.05) is 5.39 Å². The zero-order chi connectivity index (χ0) is 14.8. The third kappa shape index (κ3) is 2.44. The van der Waals surface area contributed by atoms with Crippen LogP contribution in [0.5, 0.6) is 0 Å². The van der Waals surface area contributed by atoms with E-state index < -0.39 is 0 Å². The van der Waals surface area contributed by atoms with Crippen molar-refractivity contribution in [3.8, 4) is 0 Å². The van der Waals surface area contributed by atoms with Crippen LogP contribution in [0.4, 0.5) is 0 Å². The van der Waals surface area contributed by atoms with E-state index in [9.17, 15) is 9.59 Å². The van der Waals surface area contributed by atoms with E-state index >= 15 is 0 Å². The molecule has 21 heavy (non-hydrogen) atoms. The average molecular weight is 300 g/mol. The molecule has 0 atom stereocenters. The molecule has 0 fully saturated rings. The summed E-state index contributed by atoms with van der Waals surface area (Å²) in [7, 11) is 0. The molecule has 1 amide bonds. The molecule has 2 aromatic heterocycles. The number of hydrazine groups is 1. The normalized spacial score (nSPS) is 10.7. The Hall–Kier alpha value is -2.51. The number of hydrogen-bond acceptors (Lipinski definition) is 5. The molecule has 1 aromatic carbocycles. The summed E-state index contributed by atoms with van der Waals surface area (Å²) in [5.74, 6) is 4.79. The Morgan fingerprint density at radius 2 is 2.14 bits per heavy atom. The number of carbonyl (C=O) groups excluding carboxylic acids is 1. The molecule has 2 heterocycles. The molecule has 0 saturated heterocycles. The molecule has 3 aromatic rings. The summed E-state index contributed by atoms with van der Waals surface area (Å²) >= 11 is 1.28. The van der Waals surface area contributed by atoms with E-state index in [1.54, 1.807) is 23.7 Å². The fourth-order valence-corrected chi connectivity index (χ4v) is 2.94. The van der Waals surface area contributed by atoms with Crippen molar-refractivity contribution in [1.29, 1.82) is 0 Å². The molecule has 3 N–H and O–H groups in total. The molecule has 0 aliphatic rings. The maximum Gasteiger partial charge on any atom is 0.275 e. The molecular formula is C14H12N4O2S. The van der Waals surface area contributed by atoms with Gasteiger partial charge in [-0.3, -0.25) is 15.0 Å². The highest BCUT2D eigenvalue weighted by molar-refractivity contribution is 7.12. The van der Waals surface area contributed by atoms with Crippen LogP contribution in [0.3, 0.4) is 0 Å².